The molecule has 0 bridgehead atoms. The summed E-state index contributed by atoms with van der Waals surface area (Å²) in [7, 11) is -2.02. The highest BCUT2D eigenvalue weighted by Crippen LogP contribution is 2.37. The number of nitrogen functional groups attached to an aromatic ring is 1. The molecule has 0 aromatic carbocycles. The van der Waals surface area contributed by atoms with Gasteiger partial charge in [0.1, 0.15) is 30.6 Å². The van der Waals surface area contributed by atoms with Crippen molar-refractivity contribution < 1.29 is 42.4 Å². The summed E-state index contributed by atoms with van der Waals surface area (Å²) in [5.74, 6) is -2.97. The molecule has 2 aromatic heterocycles. The number of methoxy groups -OCH3 is 1. The molecule has 0 amide bonds. The van der Waals surface area contributed by atoms with Crippen LogP contribution in [0, 0.1) is 29.1 Å². The third-order valence-electron chi connectivity index (χ3n) is 7.24. The van der Waals surface area contributed by atoms with Crippen LogP contribution >= 0.6 is 8.18 Å². The molecule has 0 spiro atoms. The van der Waals surface area contributed by atoms with E-state index in [2.05, 4.69) is 15.2 Å². The van der Waals surface area contributed by atoms with Gasteiger partial charge < -0.3 is 29.2 Å². The smallest absolute Gasteiger partial charge is 0.323 e. The van der Waals surface area contributed by atoms with Crippen LogP contribution in [0.1, 0.15) is 73.1 Å². The summed E-state index contributed by atoms with van der Waals surface area (Å²) >= 11 is 0. The van der Waals surface area contributed by atoms with Crippen LogP contribution in [0.15, 0.2) is 18.5 Å². The Kier molecular flexibility index (Phi) is 14.4. The minimum Gasteiger partial charge on any atom is -0.464 e. The first-order valence-corrected chi connectivity index (χ1v) is 16.1. The number of anilines is 1. The van der Waals surface area contributed by atoms with Crippen LogP contribution in [0.3, 0.4) is 0 Å². The van der Waals surface area contributed by atoms with Crippen LogP contribution in [-0.2, 0) is 42.4 Å². The molecule has 0 aliphatic rings. The van der Waals surface area contributed by atoms with Crippen LogP contribution in [0.25, 0.3) is 5.52 Å². The van der Waals surface area contributed by atoms with E-state index in [9.17, 15) is 24.2 Å². The monoisotopic (exact) mass is 652 g/mol. The third kappa shape index (κ3) is 9.71. The van der Waals surface area contributed by atoms with Crippen molar-refractivity contribution in [2.45, 2.75) is 85.2 Å². The quantitative estimate of drug-likeness (QED) is 0.135. The number of nitrogens with zero attached hydrogens (tertiary/aromatic N) is 4. The van der Waals surface area contributed by atoms with Gasteiger partial charge in [0.25, 0.3) is 8.18 Å². The second-order valence-electron chi connectivity index (χ2n) is 11.2. The second-order valence-corrected chi connectivity index (χ2v) is 12.3. The Morgan fingerprint density at radius 1 is 1.07 bits per heavy atom. The van der Waals surface area contributed by atoms with Gasteiger partial charge >= 0.3 is 17.9 Å². The van der Waals surface area contributed by atoms with Gasteiger partial charge in [-0.3, -0.25) is 18.9 Å². The Labute approximate surface area is 264 Å². The predicted octanol–water partition coefficient (Wildman–Crippen LogP) is 3.39. The first-order chi connectivity index (χ1) is 21.2. The van der Waals surface area contributed by atoms with Crippen LogP contribution in [0.4, 0.5) is 5.82 Å². The van der Waals surface area contributed by atoms with Gasteiger partial charge in [-0.25, -0.2) is 14.6 Å². The number of fused-ring (bicyclic) bond motifs is 1. The van der Waals surface area contributed by atoms with Crippen molar-refractivity contribution in [2.75, 3.05) is 26.1 Å². The minimum absolute atomic E-state index is 0.125. The van der Waals surface area contributed by atoms with Gasteiger partial charge in [-0.15, -0.1) is 0 Å². The molecule has 5 atom stereocenters. The van der Waals surface area contributed by atoms with E-state index < -0.39 is 68.4 Å². The number of hydrogen-bond donors (Lipinski definition) is 2. The highest BCUT2D eigenvalue weighted by Gasteiger charge is 2.51. The Bertz CT molecular complexity index is 1370. The average Bonchev–Trinajstić information content (AvgIpc) is 3.45. The summed E-state index contributed by atoms with van der Waals surface area (Å²) in [4.78, 5) is 42.4. The second kappa shape index (κ2) is 17.2. The first kappa shape index (κ1) is 37.6. The van der Waals surface area contributed by atoms with E-state index in [0.717, 1.165) is 12.8 Å². The molecule has 0 aliphatic carbocycles. The molecular weight excluding hydrogens is 607 g/mol. The van der Waals surface area contributed by atoms with Gasteiger partial charge in [-0.2, -0.15) is 10.4 Å². The number of nitrogens with one attached hydrogen (secondary N) is 1. The molecule has 16 heteroatoms. The van der Waals surface area contributed by atoms with Gasteiger partial charge in [0, 0.05) is 7.11 Å². The largest absolute Gasteiger partial charge is 0.464 e. The first-order valence-electron chi connectivity index (χ1n) is 14.8. The molecule has 45 heavy (non-hydrogen) atoms. The summed E-state index contributed by atoms with van der Waals surface area (Å²) in [5.41, 5.74) is 4.39. The number of esters is 3. The van der Waals surface area contributed by atoms with Crippen LogP contribution < -0.4 is 10.8 Å². The zero-order valence-electron chi connectivity index (χ0n) is 27.1. The fourth-order valence-electron chi connectivity index (χ4n) is 4.09. The van der Waals surface area contributed by atoms with Crippen molar-refractivity contribution in [3.05, 3.63) is 24.2 Å². The summed E-state index contributed by atoms with van der Waals surface area (Å²) < 4.78 is 42.4. The Hall–Kier alpha value is -3.57. The van der Waals surface area contributed by atoms with Crippen LogP contribution in [-0.4, -0.2) is 70.6 Å². The van der Waals surface area contributed by atoms with E-state index in [1.54, 1.807) is 33.8 Å². The highest BCUT2D eigenvalue weighted by molar-refractivity contribution is 7.36. The lowest BCUT2D eigenvalue weighted by atomic mass is 9.92. The van der Waals surface area contributed by atoms with Crippen molar-refractivity contribution in [3.63, 3.8) is 0 Å². The molecule has 2 rings (SSSR count). The molecule has 2 heterocycles. The number of aromatic nitrogens is 3. The van der Waals surface area contributed by atoms with E-state index in [-0.39, 0.29) is 24.0 Å². The SMILES string of the molecule is CCC(CC)COC(=O)[C@H](C)N[PH](=O)OCC(C#N)(OC)[C@@H](OC(=O)C(C)C)[C@@H](OC(=O)C(C)C)c1ccc2c(N)ncnn12. The lowest BCUT2D eigenvalue weighted by Gasteiger charge is -2.37. The van der Waals surface area contributed by atoms with Crippen molar-refractivity contribution in [1.29, 1.82) is 5.26 Å². The number of hydrogen-bond acceptors (Lipinski definition) is 13. The molecule has 250 valence electrons. The fourth-order valence-corrected chi connectivity index (χ4v) is 4.99. The summed E-state index contributed by atoms with van der Waals surface area (Å²) in [6.07, 6.45) is -0.260. The normalized spacial score (nSPS) is 15.7. The summed E-state index contributed by atoms with van der Waals surface area (Å²) in [6.45, 7) is 11.3. The number of nitrogens with two attached hydrogens (primary N) is 1. The van der Waals surface area contributed by atoms with Gasteiger partial charge in [0.05, 0.1) is 24.1 Å². The van der Waals surface area contributed by atoms with Gasteiger partial charge in [0.2, 0.25) is 5.60 Å². The van der Waals surface area contributed by atoms with Crippen molar-refractivity contribution in [1.82, 2.24) is 19.7 Å². The topological polar surface area (TPSA) is 206 Å². The summed E-state index contributed by atoms with van der Waals surface area (Å²) in [5, 5.41) is 17.2. The molecular formula is C29H45N6O9P. The van der Waals surface area contributed by atoms with Crippen molar-refractivity contribution in [2.24, 2.45) is 17.8 Å². The number of carbonyl (C=O) groups excluding carboxylic acids is 3. The molecule has 0 radical (unpaired) electrons. The van der Waals surface area contributed by atoms with E-state index >= 15 is 0 Å². The molecule has 0 saturated heterocycles. The van der Waals surface area contributed by atoms with Crippen LogP contribution in [0.5, 0.6) is 0 Å². The lowest BCUT2D eigenvalue weighted by molar-refractivity contribution is -0.197. The molecule has 0 fully saturated rings. The van der Waals surface area contributed by atoms with Crippen LogP contribution in [0.2, 0.25) is 0 Å². The Balaban J connectivity index is 2.48. The standard InChI is InChI=1S/C29H45N6O9P/c1-9-20(10-2)13-41-28(38)19(7)34-45(39)42-15-29(14-30,40-8)24(44-27(37)18(5)6)23(43-26(36)17(3)4)21-11-12-22-25(31)32-16-33-35(21)22/h11-12,16-20,23-24,45H,9-10,13,15H2,1-8H3,(H,34,39)(H2,31,32,33)/t19-,23-,24-,29?/m0/s1. The molecule has 3 N–H and O–H groups in total. The van der Waals surface area contributed by atoms with Gasteiger partial charge in [0.15, 0.2) is 18.0 Å². The van der Waals surface area contributed by atoms with Gasteiger partial charge in [-0.1, -0.05) is 54.4 Å². The van der Waals surface area contributed by atoms with Gasteiger partial charge in [-0.05, 0) is 25.0 Å². The van der Waals surface area contributed by atoms with E-state index in [1.165, 1.54) is 30.9 Å². The lowest BCUT2D eigenvalue weighted by Crippen LogP contribution is -2.53. The average molecular weight is 653 g/mol. The maximum atomic E-state index is 13.0. The molecule has 0 aliphatic heterocycles. The number of carbonyl (C=O) groups is 3. The van der Waals surface area contributed by atoms with E-state index in [1.807, 2.05) is 19.9 Å². The predicted molar refractivity (Wildman–Crippen MR) is 164 cm³/mol. The summed E-state index contributed by atoms with van der Waals surface area (Å²) in [6, 6.07) is 4.09. The molecule has 2 unspecified atom stereocenters. The van der Waals surface area contributed by atoms with Crippen molar-refractivity contribution in [3.8, 4) is 6.07 Å². The number of nitriles is 1. The zero-order valence-corrected chi connectivity index (χ0v) is 28.1. The zero-order chi connectivity index (χ0) is 33.9. The highest BCUT2D eigenvalue weighted by atomic mass is 31.1. The van der Waals surface area contributed by atoms with E-state index in [0.29, 0.717) is 5.52 Å². The Morgan fingerprint density at radius 3 is 2.24 bits per heavy atom. The minimum atomic E-state index is -3.19. The maximum Gasteiger partial charge on any atom is 0.323 e. The molecule has 2 aromatic rings. The van der Waals surface area contributed by atoms with E-state index in [4.69, 9.17) is 29.2 Å². The fraction of sp³-hybridized carbons (Fsp3) is 0.655. The number of ether oxygens (including phenoxy) is 4. The Morgan fingerprint density at radius 2 is 1.69 bits per heavy atom. The number of rotatable bonds is 18. The molecule has 0 saturated carbocycles. The van der Waals surface area contributed by atoms with Crippen molar-refractivity contribution >= 4 is 37.4 Å². The maximum absolute atomic E-state index is 13.0. The third-order valence-corrected chi connectivity index (χ3v) is 8.32. The molecule has 15 nitrogen and oxygen atoms in total.